The number of hydrogen-bond donors (Lipinski definition) is 1. The number of nitrogens with zero attached hydrogens (tertiary/aromatic N) is 3. The normalized spacial score (nSPS) is 17.3. The molecule has 1 aromatic carbocycles. The van der Waals surface area contributed by atoms with E-state index in [0.717, 1.165) is 18.5 Å². The van der Waals surface area contributed by atoms with Gasteiger partial charge >= 0.3 is 5.97 Å². The Morgan fingerprint density at radius 3 is 2.84 bits per heavy atom. The Kier molecular flexibility index (Phi) is 2.77. The van der Waals surface area contributed by atoms with Crippen LogP contribution in [0.3, 0.4) is 0 Å². The van der Waals surface area contributed by atoms with Gasteiger partial charge in [0.2, 0.25) is 0 Å². The molecule has 0 spiro atoms. The Hall–Kier alpha value is -1.91. The number of aromatic nitrogens is 3. The molecule has 1 saturated carbocycles. The molecular weight excluding hydrogens is 242 g/mol. The molecule has 1 aromatic heterocycles. The van der Waals surface area contributed by atoms with Gasteiger partial charge in [-0.25, -0.2) is 9.48 Å². The van der Waals surface area contributed by atoms with Crippen molar-refractivity contribution in [2.45, 2.75) is 39.2 Å². The Balaban J connectivity index is 2.01. The lowest BCUT2D eigenvalue weighted by Gasteiger charge is -2.41. The SMILES string of the molecule is CCC1(Cn2nnc3c(C(=O)O)cccc32)CCC1. The fourth-order valence-electron chi connectivity index (χ4n) is 2.90. The summed E-state index contributed by atoms with van der Waals surface area (Å²) >= 11 is 0. The lowest BCUT2D eigenvalue weighted by atomic mass is 9.67. The zero-order chi connectivity index (χ0) is 13.5. The van der Waals surface area contributed by atoms with Gasteiger partial charge in [0, 0.05) is 6.54 Å². The van der Waals surface area contributed by atoms with Gasteiger partial charge in [-0.3, -0.25) is 0 Å². The van der Waals surface area contributed by atoms with Crippen molar-refractivity contribution in [3.63, 3.8) is 0 Å². The number of hydrogen-bond acceptors (Lipinski definition) is 3. The van der Waals surface area contributed by atoms with Gasteiger partial charge in [-0.2, -0.15) is 0 Å². The maximum Gasteiger partial charge on any atom is 0.338 e. The summed E-state index contributed by atoms with van der Waals surface area (Å²) in [6.07, 6.45) is 4.86. The molecular formula is C14H17N3O2. The molecule has 19 heavy (non-hydrogen) atoms. The van der Waals surface area contributed by atoms with Crippen molar-refractivity contribution in [3.05, 3.63) is 23.8 Å². The van der Waals surface area contributed by atoms with Gasteiger partial charge in [0.25, 0.3) is 0 Å². The van der Waals surface area contributed by atoms with E-state index in [-0.39, 0.29) is 5.56 Å². The van der Waals surface area contributed by atoms with Crippen LogP contribution < -0.4 is 0 Å². The number of aromatic carboxylic acids is 1. The standard InChI is InChI=1S/C14H17N3O2/c1-2-14(7-4-8-14)9-17-11-6-3-5-10(13(18)19)12(11)15-16-17/h3,5-6H,2,4,7-9H2,1H3,(H,18,19). The molecule has 5 heteroatoms. The van der Waals surface area contributed by atoms with Gasteiger partial charge < -0.3 is 5.11 Å². The van der Waals surface area contributed by atoms with E-state index in [9.17, 15) is 4.79 Å². The van der Waals surface area contributed by atoms with Gasteiger partial charge in [0.1, 0.15) is 5.52 Å². The molecule has 0 saturated heterocycles. The van der Waals surface area contributed by atoms with E-state index >= 15 is 0 Å². The zero-order valence-corrected chi connectivity index (χ0v) is 11.0. The number of fused-ring (bicyclic) bond motifs is 1. The van der Waals surface area contributed by atoms with Crippen molar-refractivity contribution in [1.82, 2.24) is 15.0 Å². The molecule has 1 aliphatic carbocycles. The number of carboxylic acid groups (broad SMARTS) is 1. The van der Waals surface area contributed by atoms with Crippen LogP contribution in [0.5, 0.6) is 0 Å². The summed E-state index contributed by atoms with van der Waals surface area (Å²) in [6, 6.07) is 5.22. The highest BCUT2D eigenvalue weighted by Gasteiger charge is 2.36. The van der Waals surface area contributed by atoms with Crippen LogP contribution in [0.4, 0.5) is 0 Å². The Bertz CT molecular complexity index is 623. The van der Waals surface area contributed by atoms with E-state index in [2.05, 4.69) is 17.2 Å². The molecule has 0 bridgehead atoms. The lowest BCUT2D eigenvalue weighted by molar-refractivity contribution is 0.0699. The van der Waals surface area contributed by atoms with Gasteiger partial charge in [0.15, 0.2) is 0 Å². The summed E-state index contributed by atoms with van der Waals surface area (Å²) in [6.45, 7) is 3.05. The fraction of sp³-hybridized carbons (Fsp3) is 0.500. The smallest absolute Gasteiger partial charge is 0.338 e. The number of carboxylic acids is 1. The van der Waals surface area contributed by atoms with Crippen LogP contribution in [0.2, 0.25) is 0 Å². The number of rotatable bonds is 4. The van der Waals surface area contributed by atoms with Crippen LogP contribution in [0.1, 0.15) is 43.0 Å². The quantitative estimate of drug-likeness (QED) is 0.916. The second-order valence-electron chi connectivity index (χ2n) is 5.43. The van der Waals surface area contributed by atoms with Crippen molar-refractivity contribution in [2.75, 3.05) is 0 Å². The molecule has 1 N–H and O–H groups in total. The van der Waals surface area contributed by atoms with Crippen LogP contribution in [-0.2, 0) is 6.54 Å². The summed E-state index contributed by atoms with van der Waals surface area (Å²) in [5, 5.41) is 17.4. The zero-order valence-electron chi connectivity index (χ0n) is 11.0. The third-order valence-corrected chi connectivity index (χ3v) is 4.43. The van der Waals surface area contributed by atoms with Crippen LogP contribution in [0, 0.1) is 5.41 Å². The molecule has 0 amide bonds. The van der Waals surface area contributed by atoms with Crippen molar-refractivity contribution in [3.8, 4) is 0 Å². The maximum absolute atomic E-state index is 11.2. The van der Waals surface area contributed by atoms with Gasteiger partial charge in [0.05, 0.1) is 11.1 Å². The molecule has 2 aromatic rings. The molecule has 1 heterocycles. The molecule has 0 radical (unpaired) electrons. The minimum absolute atomic E-state index is 0.225. The Labute approximate surface area is 111 Å². The van der Waals surface area contributed by atoms with Crippen LogP contribution in [0.15, 0.2) is 18.2 Å². The minimum Gasteiger partial charge on any atom is -0.478 e. The molecule has 5 nitrogen and oxygen atoms in total. The van der Waals surface area contributed by atoms with E-state index in [1.807, 2.05) is 10.7 Å². The summed E-state index contributed by atoms with van der Waals surface area (Å²) in [5.74, 6) is -0.952. The van der Waals surface area contributed by atoms with E-state index < -0.39 is 5.97 Å². The monoisotopic (exact) mass is 259 g/mol. The third kappa shape index (κ3) is 1.89. The molecule has 0 atom stereocenters. The summed E-state index contributed by atoms with van der Waals surface area (Å²) in [5.41, 5.74) is 1.86. The highest BCUT2D eigenvalue weighted by atomic mass is 16.4. The predicted octanol–water partition coefficient (Wildman–Crippen LogP) is 2.71. The maximum atomic E-state index is 11.2. The summed E-state index contributed by atoms with van der Waals surface area (Å²) < 4.78 is 1.87. The lowest BCUT2D eigenvalue weighted by Crippen LogP contribution is -2.33. The van der Waals surface area contributed by atoms with Gasteiger partial charge in [-0.1, -0.05) is 24.6 Å². The fourth-order valence-corrected chi connectivity index (χ4v) is 2.90. The Morgan fingerprint density at radius 2 is 2.26 bits per heavy atom. The highest BCUT2D eigenvalue weighted by molar-refractivity contribution is 6.00. The first-order valence-electron chi connectivity index (χ1n) is 6.71. The van der Waals surface area contributed by atoms with Crippen molar-refractivity contribution < 1.29 is 9.90 Å². The number of carbonyl (C=O) groups is 1. The largest absolute Gasteiger partial charge is 0.478 e. The average Bonchev–Trinajstić information content (AvgIpc) is 2.76. The van der Waals surface area contributed by atoms with Gasteiger partial charge in [-0.15, -0.1) is 5.10 Å². The molecule has 1 aliphatic rings. The molecule has 0 aliphatic heterocycles. The van der Waals surface area contributed by atoms with Crippen LogP contribution in [0.25, 0.3) is 11.0 Å². The molecule has 3 rings (SSSR count). The molecule has 1 fully saturated rings. The van der Waals surface area contributed by atoms with E-state index in [1.54, 1.807) is 12.1 Å². The van der Waals surface area contributed by atoms with Crippen molar-refractivity contribution >= 4 is 17.0 Å². The Morgan fingerprint density at radius 1 is 1.47 bits per heavy atom. The predicted molar refractivity (Wildman–Crippen MR) is 71.1 cm³/mol. The third-order valence-electron chi connectivity index (χ3n) is 4.43. The topological polar surface area (TPSA) is 68.0 Å². The highest BCUT2D eigenvalue weighted by Crippen LogP contribution is 2.45. The second-order valence-corrected chi connectivity index (χ2v) is 5.43. The summed E-state index contributed by atoms with van der Waals surface area (Å²) in [4.78, 5) is 11.2. The average molecular weight is 259 g/mol. The first-order chi connectivity index (χ1) is 9.15. The first-order valence-corrected chi connectivity index (χ1v) is 6.71. The van der Waals surface area contributed by atoms with E-state index in [1.165, 1.54) is 19.3 Å². The van der Waals surface area contributed by atoms with Crippen LogP contribution in [-0.4, -0.2) is 26.1 Å². The number of benzene rings is 1. The molecule has 0 unspecified atom stereocenters. The summed E-state index contributed by atoms with van der Waals surface area (Å²) in [7, 11) is 0. The van der Waals surface area contributed by atoms with Crippen molar-refractivity contribution in [2.24, 2.45) is 5.41 Å². The minimum atomic E-state index is -0.952. The van der Waals surface area contributed by atoms with Crippen molar-refractivity contribution in [1.29, 1.82) is 0 Å². The van der Waals surface area contributed by atoms with E-state index in [4.69, 9.17) is 5.11 Å². The molecule has 100 valence electrons. The van der Waals surface area contributed by atoms with Crippen LogP contribution >= 0.6 is 0 Å². The second kappa shape index (κ2) is 4.33. The first kappa shape index (κ1) is 12.1. The van der Waals surface area contributed by atoms with Gasteiger partial charge in [-0.05, 0) is 36.8 Å². The van der Waals surface area contributed by atoms with E-state index in [0.29, 0.717) is 10.9 Å².